The van der Waals surface area contributed by atoms with Gasteiger partial charge in [0.05, 0.1) is 12.7 Å². The van der Waals surface area contributed by atoms with Crippen LogP contribution in [0.1, 0.15) is 33.7 Å². The first-order valence-electron chi connectivity index (χ1n) is 10.8. The molecule has 0 amide bonds. The Hall–Kier alpha value is -4.12. The monoisotopic (exact) mass is 438 g/mol. The van der Waals surface area contributed by atoms with E-state index >= 15 is 0 Å². The number of aromatic nitrogens is 2. The fourth-order valence-corrected chi connectivity index (χ4v) is 3.81. The quantitative estimate of drug-likeness (QED) is 0.372. The highest BCUT2D eigenvalue weighted by Crippen LogP contribution is 2.31. The van der Waals surface area contributed by atoms with Crippen molar-refractivity contribution in [1.29, 1.82) is 0 Å². The van der Waals surface area contributed by atoms with Gasteiger partial charge in [-0.15, -0.1) is 0 Å². The number of rotatable bonds is 9. The molecule has 0 radical (unpaired) electrons. The van der Waals surface area contributed by atoms with Gasteiger partial charge >= 0.3 is 5.97 Å². The fourth-order valence-electron chi connectivity index (χ4n) is 3.81. The molecule has 33 heavy (non-hydrogen) atoms. The number of carbonyl (C=O) groups is 1. The van der Waals surface area contributed by atoms with Crippen LogP contribution < -0.4 is 4.74 Å². The van der Waals surface area contributed by atoms with Crippen molar-refractivity contribution in [3.8, 4) is 5.75 Å². The molecule has 5 nitrogen and oxygen atoms in total. The number of carboxylic acid groups (broad SMARTS) is 1. The molecule has 0 saturated heterocycles. The third kappa shape index (κ3) is 5.77. The number of hydrogen-bond acceptors (Lipinski definition) is 3. The van der Waals surface area contributed by atoms with Crippen LogP contribution in [0.2, 0.25) is 0 Å². The molecular weight excluding hydrogens is 412 g/mol. The van der Waals surface area contributed by atoms with E-state index < -0.39 is 5.97 Å². The van der Waals surface area contributed by atoms with Gasteiger partial charge in [-0.05, 0) is 35.2 Å². The first kappa shape index (κ1) is 22.1. The minimum absolute atomic E-state index is 0.121. The van der Waals surface area contributed by atoms with E-state index in [2.05, 4.69) is 59.8 Å². The topological polar surface area (TPSA) is 64.4 Å². The molecule has 0 atom stereocenters. The van der Waals surface area contributed by atoms with Crippen LogP contribution in [0.5, 0.6) is 5.75 Å². The molecule has 0 aliphatic carbocycles. The maximum absolute atomic E-state index is 10.8. The summed E-state index contributed by atoms with van der Waals surface area (Å²) in [7, 11) is 0. The third-order valence-electron chi connectivity index (χ3n) is 5.42. The van der Waals surface area contributed by atoms with Gasteiger partial charge in [-0.1, -0.05) is 84.9 Å². The summed E-state index contributed by atoms with van der Waals surface area (Å²) in [6.45, 7) is 2.16. The molecule has 0 aliphatic rings. The third-order valence-corrected chi connectivity index (χ3v) is 5.42. The lowest BCUT2D eigenvalue weighted by Gasteiger charge is -2.16. The van der Waals surface area contributed by atoms with Crippen LogP contribution >= 0.6 is 0 Å². The van der Waals surface area contributed by atoms with E-state index in [1.54, 1.807) is 0 Å². The van der Waals surface area contributed by atoms with Crippen LogP contribution in [0.25, 0.3) is 6.08 Å². The summed E-state index contributed by atoms with van der Waals surface area (Å²) in [5.41, 5.74) is 5.44. The van der Waals surface area contributed by atoms with Gasteiger partial charge in [-0.25, -0.2) is 4.79 Å². The van der Waals surface area contributed by atoms with Crippen LogP contribution in [0.15, 0.2) is 97.3 Å². The Kier molecular flexibility index (Phi) is 7.00. The average Bonchev–Trinajstić information content (AvgIpc) is 3.29. The predicted octanol–water partition coefficient (Wildman–Crippen LogP) is 5.55. The van der Waals surface area contributed by atoms with Crippen molar-refractivity contribution in [2.45, 2.75) is 19.4 Å². The maximum atomic E-state index is 10.8. The number of ether oxygens (including phenoxy) is 1. The largest absolute Gasteiger partial charge is 0.482 e. The average molecular weight is 439 g/mol. The normalized spacial score (nSPS) is 11.2. The molecule has 0 spiro atoms. The molecular formula is C28H26N2O3. The van der Waals surface area contributed by atoms with Crippen LogP contribution in [0, 0.1) is 6.92 Å². The Morgan fingerprint density at radius 2 is 1.67 bits per heavy atom. The van der Waals surface area contributed by atoms with Crippen molar-refractivity contribution >= 4 is 12.0 Å². The highest BCUT2D eigenvalue weighted by Gasteiger charge is 2.18. The summed E-state index contributed by atoms with van der Waals surface area (Å²) < 4.78 is 7.28. The van der Waals surface area contributed by atoms with Crippen LogP contribution in [-0.2, 0) is 11.3 Å². The number of hydrogen-bond donors (Lipinski definition) is 1. The summed E-state index contributed by atoms with van der Waals surface area (Å²) in [6, 6.07) is 26.7. The number of benzene rings is 3. The zero-order valence-electron chi connectivity index (χ0n) is 18.5. The molecule has 166 valence electrons. The van der Waals surface area contributed by atoms with Crippen molar-refractivity contribution in [2.24, 2.45) is 0 Å². The molecule has 5 heteroatoms. The van der Waals surface area contributed by atoms with Crippen LogP contribution in [0.4, 0.5) is 0 Å². The minimum atomic E-state index is -0.992. The standard InChI is InChI=1S/C28H26N2O3/c1-21-14-15-22(17-26(21)33-20-27(31)32)9-8-16-30-19-25(18-29-30)28(23-10-4-2-5-11-23)24-12-6-3-7-13-24/h2-15,17-19,28H,16,20H2,1H3,(H,31,32)/b9-8+. The molecule has 4 rings (SSSR count). The summed E-state index contributed by atoms with van der Waals surface area (Å²) in [6.07, 6.45) is 8.04. The van der Waals surface area contributed by atoms with E-state index in [9.17, 15) is 4.79 Å². The Balaban J connectivity index is 1.50. The molecule has 4 aromatic rings. The van der Waals surface area contributed by atoms with Crippen molar-refractivity contribution in [1.82, 2.24) is 9.78 Å². The van der Waals surface area contributed by atoms with Crippen molar-refractivity contribution < 1.29 is 14.6 Å². The lowest BCUT2D eigenvalue weighted by Crippen LogP contribution is -2.10. The fraction of sp³-hybridized carbons (Fsp3) is 0.143. The van der Waals surface area contributed by atoms with Gasteiger partial charge in [0.15, 0.2) is 6.61 Å². The van der Waals surface area contributed by atoms with Gasteiger partial charge in [0.2, 0.25) is 0 Å². The number of allylic oxidation sites excluding steroid dienone is 1. The van der Waals surface area contributed by atoms with Crippen LogP contribution in [-0.4, -0.2) is 27.5 Å². The highest BCUT2D eigenvalue weighted by molar-refractivity contribution is 5.68. The first-order valence-corrected chi connectivity index (χ1v) is 10.8. The summed E-state index contributed by atoms with van der Waals surface area (Å²) in [4.78, 5) is 10.8. The lowest BCUT2D eigenvalue weighted by atomic mass is 9.87. The Morgan fingerprint density at radius 3 is 2.30 bits per heavy atom. The molecule has 1 N–H and O–H groups in total. The summed E-state index contributed by atoms with van der Waals surface area (Å²) in [5, 5.41) is 13.4. The molecule has 0 fully saturated rings. The highest BCUT2D eigenvalue weighted by atomic mass is 16.5. The molecule has 0 saturated carbocycles. The second-order valence-corrected chi connectivity index (χ2v) is 7.86. The van der Waals surface area contributed by atoms with E-state index in [0.29, 0.717) is 12.3 Å². The summed E-state index contributed by atoms with van der Waals surface area (Å²) >= 11 is 0. The zero-order chi connectivity index (χ0) is 23.0. The second-order valence-electron chi connectivity index (χ2n) is 7.86. The van der Waals surface area contributed by atoms with Gasteiger partial charge in [-0.2, -0.15) is 5.10 Å². The molecule has 0 bridgehead atoms. The summed E-state index contributed by atoms with van der Waals surface area (Å²) in [5.74, 6) is -0.292. The Labute approximate surface area is 193 Å². The Morgan fingerprint density at radius 1 is 1.00 bits per heavy atom. The zero-order valence-corrected chi connectivity index (χ0v) is 18.5. The molecule has 3 aromatic carbocycles. The van der Waals surface area contributed by atoms with Crippen LogP contribution in [0.3, 0.4) is 0 Å². The maximum Gasteiger partial charge on any atom is 0.341 e. The number of nitrogens with zero attached hydrogens (tertiary/aromatic N) is 2. The molecule has 0 unspecified atom stereocenters. The Bertz CT molecular complexity index is 1190. The number of aryl methyl sites for hydroxylation is 1. The lowest BCUT2D eigenvalue weighted by molar-refractivity contribution is -0.139. The van der Waals surface area contributed by atoms with Gasteiger partial charge in [0, 0.05) is 17.7 Å². The van der Waals surface area contributed by atoms with Crippen molar-refractivity contribution in [3.05, 3.63) is 125 Å². The van der Waals surface area contributed by atoms with Gasteiger partial charge < -0.3 is 9.84 Å². The van der Waals surface area contributed by atoms with Gasteiger partial charge in [0.25, 0.3) is 0 Å². The van der Waals surface area contributed by atoms with Gasteiger partial charge in [0.1, 0.15) is 5.75 Å². The SMILES string of the molecule is Cc1ccc(/C=C/Cn2cc(C(c3ccccc3)c3ccccc3)cn2)cc1OCC(=O)O. The van der Waals surface area contributed by atoms with E-state index in [1.807, 2.05) is 60.3 Å². The predicted molar refractivity (Wildman–Crippen MR) is 129 cm³/mol. The minimum Gasteiger partial charge on any atom is -0.482 e. The molecule has 1 aromatic heterocycles. The molecule has 1 heterocycles. The van der Waals surface area contributed by atoms with E-state index in [0.717, 1.165) is 16.7 Å². The van der Waals surface area contributed by atoms with Gasteiger partial charge in [-0.3, -0.25) is 4.68 Å². The second kappa shape index (κ2) is 10.5. The van der Waals surface area contributed by atoms with Crippen molar-refractivity contribution in [3.63, 3.8) is 0 Å². The number of carboxylic acids is 1. The van der Waals surface area contributed by atoms with E-state index in [1.165, 1.54) is 11.1 Å². The first-order chi connectivity index (χ1) is 16.1. The molecule has 0 aliphatic heterocycles. The van der Waals surface area contributed by atoms with E-state index in [4.69, 9.17) is 9.84 Å². The smallest absolute Gasteiger partial charge is 0.341 e. The number of aliphatic carboxylic acids is 1. The van der Waals surface area contributed by atoms with E-state index in [-0.39, 0.29) is 12.5 Å². The van der Waals surface area contributed by atoms with Crippen molar-refractivity contribution in [2.75, 3.05) is 6.61 Å².